The van der Waals surface area contributed by atoms with Gasteiger partial charge in [-0.25, -0.2) is 0 Å². The highest BCUT2D eigenvalue weighted by molar-refractivity contribution is 5.82. The lowest BCUT2D eigenvalue weighted by Crippen LogP contribution is -2.09. The van der Waals surface area contributed by atoms with Crippen LogP contribution in [0.3, 0.4) is 0 Å². The van der Waals surface area contributed by atoms with E-state index in [1.54, 1.807) is 0 Å². The van der Waals surface area contributed by atoms with Crippen molar-refractivity contribution < 1.29 is 0 Å². The molecule has 0 radical (unpaired) electrons. The van der Waals surface area contributed by atoms with Gasteiger partial charge in [-0.1, -0.05) is 162 Å². The molecular formula is C46H41N. The molecule has 0 saturated carbocycles. The molecule has 0 bridgehead atoms. The van der Waals surface area contributed by atoms with E-state index in [9.17, 15) is 0 Å². The fourth-order valence-corrected chi connectivity index (χ4v) is 5.56. The van der Waals surface area contributed by atoms with Gasteiger partial charge >= 0.3 is 0 Å². The Labute approximate surface area is 280 Å². The molecule has 6 rings (SSSR count). The summed E-state index contributed by atoms with van der Waals surface area (Å²) >= 11 is 0. The summed E-state index contributed by atoms with van der Waals surface area (Å²) in [6.45, 7) is 8.50. The molecule has 1 nitrogen and oxygen atoms in total. The molecule has 0 atom stereocenters. The van der Waals surface area contributed by atoms with Gasteiger partial charge in [-0.15, -0.1) is 0 Å². The smallest absolute Gasteiger partial charge is 0.0462 e. The van der Waals surface area contributed by atoms with Crippen LogP contribution in [0.25, 0.3) is 23.8 Å². The van der Waals surface area contributed by atoms with Gasteiger partial charge in [0.15, 0.2) is 0 Å². The predicted molar refractivity (Wildman–Crippen MR) is 204 cm³/mol. The van der Waals surface area contributed by atoms with E-state index in [1.807, 2.05) is 0 Å². The van der Waals surface area contributed by atoms with Crippen molar-refractivity contribution in [3.63, 3.8) is 0 Å². The van der Waals surface area contributed by atoms with E-state index in [1.165, 1.54) is 50.1 Å². The van der Waals surface area contributed by atoms with Crippen LogP contribution in [0, 0.1) is 27.7 Å². The van der Waals surface area contributed by atoms with Crippen LogP contribution in [0.5, 0.6) is 0 Å². The lowest BCUT2D eigenvalue weighted by Gasteiger charge is -2.25. The van der Waals surface area contributed by atoms with Crippen LogP contribution in [-0.4, -0.2) is 0 Å². The van der Waals surface area contributed by atoms with E-state index in [4.69, 9.17) is 0 Å². The van der Waals surface area contributed by atoms with Gasteiger partial charge in [0.25, 0.3) is 0 Å². The molecule has 0 aliphatic rings. The molecule has 6 aromatic carbocycles. The van der Waals surface area contributed by atoms with Gasteiger partial charge in [-0.3, -0.25) is 0 Å². The third kappa shape index (κ3) is 8.14. The minimum absolute atomic E-state index is 1.13. The Kier molecular flexibility index (Phi) is 9.75. The minimum atomic E-state index is 1.13. The second-order valence-electron chi connectivity index (χ2n) is 12.3. The average Bonchev–Trinajstić information content (AvgIpc) is 3.10. The molecule has 0 aliphatic carbocycles. The molecular weight excluding hydrogens is 567 g/mol. The van der Waals surface area contributed by atoms with E-state index in [-0.39, 0.29) is 0 Å². The van der Waals surface area contributed by atoms with E-state index in [0.29, 0.717) is 0 Å². The average molecular weight is 608 g/mol. The Hall–Kier alpha value is -5.66. The quantitative estimate of drug-likeness (QED) is 0.117. The molecule has 0 spiro atoms. The normalized spacial score (nSPS) is 11.2. The highest BCUT2D eigenvalue weighted by Crippen LogP contribution is 2.35. The van der Waals surface area contributed by atoms with Crippen molar-refractivity contribution >= 4 is 40.9 Å². The number of anilines is 3. The number of nitrogens with zero attached hydrogens (tertiary/aromatic N) is 1. The summed E-state index contributed by atoms with van der Waals surface area (Å²) in [5.74, 6) is 0. The summed E-state index contributed by atoms with van der Waals surface area (Å²) in [4.78, 5) is 2.30. The highest BCUT2D eigenvalue weighted by atomic mass is 15.1. The Morgan fingerprint density at radius 2 is 0.660 bits per heavy atom. The monoisotopic (exact) mass is 607 g/mol. The van der Waals surface area contributed by atoms with Gasteiger partial charge in [-0.2, -0.15) is 0 Å². The van der Waals surface area contributed by atoms with Gasteiger partial charge in [0.05, 0.1) is 0 Å². The maximum atomic E-state index is 2.30. The number of benzene rings is 6. The fraction of sp³-hybridized carbons (Fsp3) is 0.0870. The molecule has 0 saturated heterocycles. The van der Waals surface area contributed by atoms with Crippen LogP contribution in [0.1, 0.15) is 50.1 Å². The van der Waals surface area contributed by atoms with E-state index in [0.717, 1.165) is 22.6 Å². The lowest BCUT2D eigenvalue weighted by atomic mass is 9.96. The van der Waals surface area contributed by atoms with Crippen LogP contribution in [0.15, 0.2) is 158 Å². The van der Waals surface area contributed by atoms with Crippen molar-refractivity contribution in [3.8, 4) is 0 Å². The zero-order valence-corrected chi connectivity index (χ0v) is 27.7. The summed E-state index contributed by atoms with van der Waals surface area (Å²) < 4.78 is 0. The first kappa shape index (κ1) is 31.3. The predicted octanol–water partition coefficient (Wildman–Crippen LogP) is 12.7. The van der Waals surface area contributed by atoms with Crippen LogP contribution in [0.4, 0.5) is 17.1 Å². The van der Waals surface area contributed by atoms with Gasteiger partial charge < -0.3 is 4.90 Å². The van der Waals surface area contributed by atoms with Crippen molar-refractivity contribution in [1.29, 1.82) is 0 Å². The Morgan fingerprint density at radius 3 is 1.04 bits per heavy atom. The van der Waals surface area contributed by atoms with Crippen molar-refractivity contribution in [2.24, 2.45) is 0 Å². The van der Waals surface area contributed by atoms with Crippen LogP contribution in [-0.2, 0) is 0 Å². The molecule has 0 N–H and O–H groups in total. The first-order valence-corrected chi connectivity index (χ1v) is 16.3. The summed E-state index contributed by atoms with van der Waals surface area (Å²) in [5.41, 5.74) is 15.6. The number of rotatable bonds is 9. The van der Waals surface area contributed by atoms with E-state index >= 15 is 0 Å². The summed E-state index contributed by atoms with van der Waals surface area (Å²) in [5, 5.41) is 0. The number of hydrogen-bond acceptors (Lipinski definition) is 1. The summed E-state index contributed by atoms with van der Waals surface area (Å²) in [6, 6.07) is 52.4. The summed E-state index contributed by atoms with van der Waals surface area (Å²) in [7, 11) is 0. The molecule has 230 valence electrons. The SMILES string of the molecule is Cc1ccc(C(=C/C=C/c2ccc(/C=C/c3ccc(N(c4ccc(C)cc4)c4ccc(C)cc4)cc3)cc2)c2ccc(C)cc2)cc1. The van der Waals surface area contributed by atoms with Gasteiger partial charge in [0, 0.05) is 17.1 Å². The molecule has 0 fully saturated rings. The van der Waals surface area contributed by atoms with Crippen molar-refractivity contribution in [2.75, 3.05) is 4.90 Å². The van der Waals surface area contributed by atoms with Crippen LogP contribution >= 0.6 is 0 Å². The van der Waals surface area contributed by atoms with Crippen molar-refractivity contribution in [3.05, 3.63) is 208 Å². The molecule has 0 unspecified atom stereocenters. The van der Waals surface area contributed by atoms with Crippen LogP contribution < -0.4 is 4.90 Å². The van der Waals surface area contributed by atoms with E-state index in [2.05, 4.69) is 209 Å². The maximum absolute atomic E-state index is 2.30. The van der Waals surface area contributed by atoms with Crippen LogP contribution in [0.2, 0.25) is 0 Å². The molecule has 47 heavy (non-hydrogen) atoms. The largest absolute Gasteiger partial charge is 0.311 e. The number of allylic oxidation sites excluding steroid dienone is 2. The molecule has 1 heteroatoms. The standard InChI is InChI=1S/C46H41N/c1-34-8-24-41(25-9-34)46(42-26-10-35(2)11-27-42)7-5-6-38-16-18-39(19-17-38)20-21-40-22-32-45(33-23-40)47(43-28-12-36(3)13-29-43)44-30-14-37(4)15-31-44/h5-33H,1-4H3/b6-5+,21-20+. The first-order valence-electron chi connectivity index (χ1n) is 16.3. The zero-order valence-electron chi connectivity index (χ0n) is 27.7. The Balaban J connectivity index is 1.16. The molecule has 0 aliphatic heterocycles. The number of hydrogen-bond donors (Lipinski definition) is 0. The van der Waals surface area contributed by atoms with Crippen molar-refractivity contribution in [2.45, 2.75) is 27.7 Å². The van der Waals surface area contributed by atoms with Gasteiger partial charge in [0.2, 0.25) is 0 Å². The minimum Gasteiger partial charge on any atom is -0.311 e. The van der Waals surface area contributed by atoms with Gasteiger partial charge in [-0.05, 0) is 97.5 Å². The second kappa shape index (κ2) is 14.6. The molecule has 0 heterocycles. The second-order valence-corrected chi connectivity index (χ2v) is 12.3. The molecule has 6 aromatic rings. The lowest BCUT2D eigenvalue weighted by molar-refractivity contribution is 1.27. The van der Waals surface area contributed by atoms with E-state index < -0.39 is 0 Å². The Bertz CT molecular complexity index is 1890. The number of aryl methyl sites for hydroxylation is 4. The third-order valence-corrected chi connectivity index (χ3v) is 8.42. The van der Waals surface area contributed by atoms with Crippen molar-refractivity contribution in [1.82, 2.24) is 0 Å². The fourth-order valence-electron chi connectivity index (χ4n) is 5.56. The van der Waals surface area contributed by atoms with Gasteiger partial charge in [0.1, 0.15) is 0 Å². The molecule has 0 amide bonds. The zero-order chi connectivity index (χ0) is 32.6. The maximum Gasteiger partial charge on any atom is 0.0462 e. The topological polar surface area (TPSA) is 3.24 Å². The third-order valence-electron chi connectivity index (χ3n) is 8.42. The Morgan fingerprint density at radius 1 is 0.362 bits per heavy atom. The highest BCUT2D eigenvalue weighted by Gasteiger charge is 2.12. The summed E-state index contributed by atoms with van der Waals surface area (Å²) in [6.07, 6.45) is 10.9. The first-order chi connectivity index (χ1) is 22.9. The molecule has 0 aromatic heterocycles.